The Balaban J connectivity index is 2.53. The Hall–Kier alpha value is -0.710. The van der Waals surface area contributed by atoms with E-state index in [4.69, 9.17) is 0 Å². The van der Waals surface area contributed by atoms with Crippen molar-refractivity contribution < 1.29 is 9.59 Å². The Bertz CT molecular complexity index is 284. The number of rotatable bonds is 6. The minimum absolute atomic E-state index is 0.0266. The number of amides is 2. The van der Waals surface area contributed by atoms with Crippen LogP contribution < -0.4 is 5.32 Å². The highest BCUT2D eigenvalue weighted by atomic mass is 32.2. The standard InChI is InChI=1S/C12H22N2O2S/c1-4-10-12(16)14(7-5-6-8-17-3)9(2)11(15)13-10/h9-10H,4-8H2,1-3H3,(H,13,15). The van der Waals surface area contributed by atoms with Gasteiger partial charge in [0.2, 0.25) is 11.8 Å². The van der Waals surface area contributed by atoms with E-state index < -0.39 is 0 Å². The molecule has 0 aliphatic carbocycles. The van der Waals surface area contributed by atoms with Gasteiger partial charge in [-0.25, -0.2) is 0 Å². The molecule has 1 aliphatic heterocycles. The van der Waals surface area contributed by atoms with E-state index in [0.29, 0.717) is 13.0 Å². The van der Waals surface area contributed by atoms with Crippen molar-refractivity contribution >= 4 is 23.6 Å². The zero-order valence-electron chi connectivity index (χ0n) is 10.9. The first-order valence-electron chi connectivity index (χ1n) is 6.21. The van der Waals surface area contributed by atoms with Crippen molar-refractivity contribution in [2.24, 2.45) is 0 Å². The van der Waals surface area contributed by atoms with E-state index in [1.807, 2.05) is 18.7 Å². The molecule has 1 saturated heterocycles. The fourth-order valence-corrected chi connectivity index (χ4v) is 2.49. The molecule has 4 nitrogen and oxygen atoms in total. The number of nitrogens with one attached hydrogen (secondary N) is 1. The molecule has 2 amide bonds. The maximum absolute atomic E-state index is 12.1. The fourth-order valence-electron chi connectivity index (χ4n) is 2.00. The summed E-state index contributed by atoms with van der Waals surface area (Å²) in [7, 11) is 0. The van der Waals surface area contributed by atoms with Crippen LogP contribution in [0.1, 0.15) is 33.1 Å². The van der Waals surface area contributed by atoms with Crippen LogP contribution in [0.25, 0.3) is 0 Å². The lowest BCUT2D eigenvalue weighted by Crippen LogP contribution is -2.62. The van der Waals surface area contributed by atoms with Gasteiger partial charge in [0, 0.05) is 6.54 Å². The van der Waals surface area contributed by atoms with Crippen LogP contribution in [0, 0.1) is 0 Å². The van der Waals surface area contributed by atoms with E-state index >= 15 is 0 Å². The van der Waals surface area contributed by atoms with Gasteiger partial charge in [-0.15, -0.1) is 0 Å². The molecule has 98 valence electrons. The number of carbonyl (C=O) groups is 2. The van der Waals surface area contributed by atoms with Gasteiger partial charge in [0.1, 0.15) is 12.1 Å². The van der Waals surface area contributed by atoms with Gasteiger partial charge in [-0.1, -0.05) is 6.92 Å². The van der Waals surface area contributed by atoms with Crippen molar-refractivity contribution in [2.45, 2.75) is 45.2 Å². The maximum atomic E-state index is 12.1. The van der Waals surface area contributed by atoms with Crippen LogP contribution in [0.5, 0.6) is 0 Å². The first kappa shape index (κ1) is 14.4. The largest absolute Gasteiger partial charge is 0.343 e. The average molecular weight is 258 g/mol. The summed E-state index contributed by atoms with van der Waals surface area (Å²) in [6.45, 7) is 4.42. The summed E-state index contributed by atoms with van der Waals surface area (Å²) < 4.78 is 0. The number of thioether (sulfide) groups is 1. The van der Waals surface area contributed by atoms with Crippen molar-refractivity contribution in [3.8, 4) is 0 Å². The predicted molar refractivity (Wildman–Crippen MR) is 71.0 cm³/mol. The molecular formula is C12H22N2O2S. The normalized spacial score (nSPS) is 25.0. The summed E-state index contributed by atoms with van der Waals surface area (Å²) in [4.78, 5) is 25.5. The number of hydrogen-bond acceptors (Lipinski definition) is 3. The Morgan fingerprint density at radius 1 is 1.35 bits per heavy atom. The second-order valence-electron chi connectivity index (χ2n) is 4.38. The minimum Gasteiger partial charge on any atom is -0.343 e. The zero-order valence-corrected chi connectivity index (χ0v) is 11.7. The van der Waals surface area contributed by atoms with Gasteiger partial charge in [-0.3, -0.25) is 9.59 Å². The second kappa shape index (κ2) is 6.89. The molecular weight excluding hydrogens is 236 g/mol. The van der Waals surface area contributed by atoms with Crippen LogP contribution in [0.4, 0.5) is 0 Å². The van der Waals surface area contributed by atoms with Crippen molar-refractivity contribution in [1.82, 2.24) is 10.2 Å². The SMILES string of the molecule is CCC1NC(=O)C(C)N(CCCCSC)C1=O. The summed E-state index contributed by atoms with van der Waals surface area (Å²) in [5, 5.41) is 2.76. The lowest BCUT2D eigenvalue weighted by molar-refractivity contribution is -0.148. The highest BCUT2D eigenvalue weighted by Gasteiger charge is 2.36. The highest BCUT2D eigenvalue weighted by Crippen LogP contribution is 2.13. The highest BCUT2D eigenvalue weighted by molar-refractivity contribution is 7.98. The molecule has 5 heteroatoms. The molecule has 0 radical (unpaired) electrons. The summed E-state index contributed by atoms with van der Waals surface area (Å²) >= 11 is 1.81. The zero-order chi connectivity index (χ0) is 12.8. The molecule has 1 rings (SSSR count). The Morgan fingerprint density at radius 2 is 2.06 bits per heavy atom. The molecule has 1 aliphatic rings. The van der Waals surface area contributed by atoms with Crippen LogP contribution in [-0.4, -0.2) is 47.4 Å². The molecule has 0 saturated carbocycles. The molecule has 0 spiro atoms. The monoisotopic (exact) mass is 258 g/mol. The lowest BCUT2D eigenvalue weighted by Gasteiger charge is -2.37. The summed E-state index contributed by atoms with van der Waals surface area (Å²) in [6.07, 6.45) is 4.81. The summed E-state index contributed by atoms with van der Waals surface area (Å²) in [6, 6.07) is -0.640. The smallest absolute Gasteiger partial charge is 0.245 e. The third-order valence-electron chi connectivity index (χ3n) is 3.15. The van der Waals surface area contributed by atoms with E-state index in [2.05, 4.69) is 11.6 Å². The van der Waals surface area contributed by atoms with Crippen LogP contribution >= 0.6 is 11.8 Å². The van der Waals surface area contributed by atoms with Crippen LogP contribution in [0.2, 0.25) is 0 Å². The van der Waals surface area contributed by atoms with Gasteiger partial charge >= 0.3 is 0 Å². The Morgan fingerprint density at radius 3 is 2.65 bits per heavy atom. The molecule has 17 heavy (non-hydrogen) atoms. The van der Waals surface area contributed by atoms with Crippen molar-refractivity contribution in [1.29, 1.82) is 0 Å². The molecule has 1 heterocycles. The van der Waals surface area contributed by atoms with Gasteiger partial charge in [0.05, 0.1) is 0 Å². The maximum Gasteiger partial charge on any atom is 0.245 e. The van der Waals surface area contributed by atoms with E-state index in [-0.39, 0.29) is 23.9 Å². The van der Waals surface area contributed by atoms with Crippen LogP contribution in [0.3, 0.4) is 0 Å². The molecule has 0 aromatic rings. The summed E-state index contributed by atoms with van der Waals surface area (Å²) in [5.41, 5.74) is 0. The topological polar surface area (TPSA) is 49.4 Å². The predicted octanol–water partition coefficient (Wildman–Crippen LogP) is 1.26. The van der Waals surface area contributed by atoms with Crippen molar-refractivity contribution in [3.05, 3.63) is 0 Å². The number of piperazine rings is 1. The summed E-state index contributed by atoms with van der Waals surface area (Å²) in [5.74, 6) is 1.16. The molecule has 2 atom stereocenters. The number of carbonyl (C=O) groups excluding carboxylic acids is 2. The van der Waals surface area contributed by atoms with Crippen LogP contribution in [-0.2, 0) is 9.59 Å². The molecule has 0 aromatic carbocycles. The van der Waals surface area contributed by atoms with Gasteiger partial charge < -0.3 is 10.2 Å². The quantitative estimate of drug-likeness (QED) is 0.730. The molecule has 0 aromatic heterocycles. The van der Waals surface area contributed by atoms with E-state index in [0.717, 1.165) is 18.6 Å². The lowest BCUT2D eigenvalue weighted by atomic mass is 10.1. The van der Waals surface area contributed by atoms with Gasteiger partial charge in [0.25, 0.3) is 0 Å². The first-order valence-corrected chi connectivity index (χ1v) is 7.61. The first-order chi connectivity index (χ1) is 8.11. The Labute approximate surface area is 108 Å². The third-order valence-corrected chi connectivity index (χ3v) is 3.85. The van der Waals surface area contributed by atoms with E-state index in [1.165, 1.54) is 0 Å². The van der Waals surface area contributed by atoms with Gasteiger partial charge in [-0.2, -0.15) is 11.8 Å². The molecule has 1 fully saturated rings. The van der Waals surface area contributed by atoms with Crippen molar-refractivity contribution in [3.63, 3.8) is 0 Å². The molecule has 2 unspecified atom stereocenters. The Kier molecular flexibility index (Phi) is 5.82. The average Bonchev–Trinajstić information content (AvgIpc) is 2.33. The second-order valence-corrected chi connectivity index (χ2v) is 5.36. The molecule has 1 N–H and O–H groups in total. The van der Waals surface area contributed by atoms with Gasteiger partial charge in [-0.05, 0) is 38.2 Å². The van der Waals surface area contributed by atoms with Gasteiger partial charge in [0.15, 0.2) is 0 Å². The van der Waals surface area contributed by atoms with E-state index in [9.17, 15) is 9.59 Å². The van der Waals surface area contributed by atoms with E-state index in [1.54, 1.807) is 11.8 Å². The molecule has 0 bridgehead atoms. The van der Waals surface area contributed by atoms with Crippen molar-refractivity contribution in [2.75, 3.05) is 18.6 Å². The number of hydrogen-bond donors (Lipinski definition) is 1. The fraction of sp³-hybridized carbons (Fsp3) is 0.833. The minimum atomic E-state index is -0.320. The number of unbranched alkanes of at least 4 members (excludes halogenated alkanes) is 1. The third kappa shape index (κ3) is 3.63. The number of nitrogens with zero attached hydrogens (tertiary/aromatic N) is 1. The van der Waals surface area contributed by atoms with Crippen LogP contribution in [0.15, 0.2) is 0 Å².